The highest BCUT2D eigenvalue weighted by Gasteiger charge is 2.17. The van der Waals surface area contributed by atoms with E-state index in [1.54, 1.807) is 6.08 Å². The molecule has 108 valence electrons. The molecule has 0 aliphatic rings. The number of rotatable bonds is 7. The largest absolute Gasteiger partial charge is 0.480 e. The minimum atomic E-state index is -0.998. The van der Waals surface area contributed by atoms with Crippen LogP contribution in [0.4, 0.5) is 0 Å². The van der Waals surface area contributed by atoms with Crippen LogP contribution in [0.2, 0.25) is 0 Å². The summed E-state index contributed by atoms with van der Waals surface area (Å²) in [5.41, 5.74) is 0.870. The van der Waals surface area contributed by atoms with E-state index < -0.39 is 17.9 Å². The number of carbonyl (C=O) groups is 2. The molecule has 1 amide bonds. The molecule has 0 unspecified atom stereocenters. The zero-order chi connectivity index (χ0) is 15.0. The second kappa shape index (κ2) is 8.53. The van der Waals surface area contributed by atoms with Crippen molar-refractivity contribution >= 4 is 33.9 Å². The van der Waals surface area contributed by atoms with E-state index in [0.717, 1.165) is 22.9 Å². The lowest BCUT2D eigenvalue weighted by atomic mass is 10.1. The predicted molar refractivity (Wildman–Crippen MR) is 82.3 cm³/mol. The van der Waals surface area contributed by atoms with E-state index in [2.05, 4.69) is 21.2 Å². The van der Waals surface area contributed by atoms with Gasteiger partial charge in [0.1, 0.15) is 6.04 Å². The standard InChI is InChI=1S/C15H18BrNO3/c1-2-3-7-13(15(19)20)17-14(18)9-8-11-5-4-6-12(16)10-11/h4-6,8-10,13H,2-3,7H2,1H3,(H,17,18)(H,19,20)/b9-8+/t13-/m0/s1. The highest BCUT2D eigenvalue weighted by atomic mass is 79.9. The minimum Gasteiger partial charge on any atom is -0.480 e. The molecule has 1 rings (SSSR count). The normalized spacial score (nSPS) is 12.3. The van der Waals surface area contributed by atoms with Gasteiger partial charge in [-0.25, -0.2) is 4.79 Å². The van der Waals surface area contributed by atoms with Gasteiger partial charge in [0.2, 0.25) is 5.91 Å². The van der Waals surface area contributed by atoms with Crippen LogP contribution in [0.15, 0.2) is 34.8 Å². The summed E-state index contributed by atoms with van der Waals surface area (Å²) in [4.78, 5) is 22.7. The first-order valence-electron chi connectivity index (χ1n) is 6.50. The van der Waals surface area contributed by atoms with Crippen molar-refractivity contribution in [3.8, 4) is 0 Å². The van der Waals surface area contributed by atoms with E-state index in [4.69, 9.17) is 5.11 Å². The number of hydrogen-bond donors (Lipinski definition) is 2. The second-order valence-electron chi connectivity index (χ2n) is 4.43. The molecule has 2 N–H and O–H groups in total. The molecule has 0 fully saturated rings. The number of hydrogen-bond acceptors (Lipinski definition) is 2. The van der Waals surface area contributed by atoms with Gasteiger partial charge in [-0.1, -0.05) is 47.8 Å². The van der Waals surface area contributed by atoms with Crippen LogP contribution in [0.5, 0.6) is 0 Å². The maximum absolute atomic E-state index is 11.7. The van der Waals surface area contributed by atoms with Crippen LogP contribution in [0.25, 0.3) is 6.08 Å². The number of carboxylic acid groups (broad SMARTS) is 1. The average molecular weight is 340 g/mol. The highest BCUT2D eigenvalue weighted by Crippen LogP contribution is 2.12. The molecule has 1 atom stereocenters. The summed E-state index contributed by atoms with van der Waals surface area (Å²) in [5.74, 6) is -1.39. The van der Waals surface area contributed by atoms with Gasteiger partial charge >= 0.3 is 5.97 Å². The first-order valence-corrected chi connectivity index (χ1v) is 7.29. The van der Waals surface area contributed by atoms with Crippen molar-refractivity contribution in [2.45, 2.75) is 32.2 Å². The minimum absolute atomic E-state index is 0.395. The van der Waals surface area contributed by atoms with Gasteiger partial charge in [0.25, 0.3) is 0 Å². The van der Waals surface area contributed by atoms with Crippen LogP contribution < -0.4 is 5.32 Å². The Morgan fingerprint density at radius 1 is 1.45 bits per heavy atom. The van der Waals surface area contributed by atoms with E-state index in [0.29, 0.717) is 6.42 Å². The lowest BCUT2D eigenvalue weighted by molar-refractivity contribution is -0.141. The Hall–Kier alpha value is -1.62. The lowest BCUT2D eigenvalue weighted by Crippen LogP contribution is -2.39. The average Bonchev–Trinajstić information content (AvgIpc) is 2.41. The Kier molecular flexibility index (Phi) is 7.01. The predicted octanol–water partition coefficient (Wildman–Crippen LogP) is 3.22. The van der Waals surface area contributed by atoms with E-state index in [1.165, 1.54) is 6.08 Å². The number of halogens is 1. The van der Waals surface area contributed by atoms with Gasteiger partial charge < -0.3 is 10.4 Å². The summed E-state index contributed by atoms with van der Waals surface area (Å²) >= 11 is 3.34. The summed E-state index contributed by atoms with van der Waals surface area (Å²) in [7, 11) is 0. The Bertz CT molecular complexity index is 500. The Morgan fingerprint density at radius 2 is 2.20 bits per heavy atom. The number of carbonyl (C=O) groups excluding carboxylic acids is 1. The third kappa shape index (κ3) is 6.02. The quantitative estimate of drug-likeness (QED) is 0.749. The molecule has 1 aromatic carbocycles. The topological polar surface area (TPSA) is 66.4 Å². The molecule has 4 nitrogen and oxygen atoms in total. The number of unbranched alkanes of at least 4 members (excludes halogenated alkanes) is 1. The Labute approximate surface area is 127 Å². The molecule has 20 heavy (non-hydrogen) atoms. The molecule has 0 spiro atoms. The summed E-state index contributed by atoms with van der Waals surface area (Å²) in [6.07, 6.45) is 5.12. The molecule has 0 aliphatic carbocycles. The maximum atomic E-state index is 11.7. The van der Waals surface area contributed by atoms with Crippen molar-refractivity contribution in [2.75, 3.05) is 0 Å². The van der Waals surface area contributed by atoms with Gasteiger partial charge in [-0.15, -0.1) is 0 Å². The van der Waals surface area contributed by atoms with Crippen molar-refractivity contribution in [2.24, 2.45) is 0 Å². The maximum Gasteiger partial charge on any atom is 0.326 e. The number of nitrogens with one attached hydrogen (secondary N) is 1. The molecule has 5 heteroatoms. The van der Waals surface area contributed by atoms with Crippen molar-refractivity contribution in [1.82, 2.24) is 5.32 Å². The van der Waals surface area contributed by atoms with E-state index in [-0.39, 0.29) is 0 Å². The molecule has 0 saturated heterocycles. The summed E-state index contributed by atoms with van der Waals surface area (Å²) < 4.78 is 0.923. The first-order chi connectivity index (χ1) is 9.52. The third-order valence-electron chi connectivity index (χ3n) is 2.74. The van der Waals surface area contributed by atoms with Crippen LogP contribution in [0.3, 0.4) is 0 Å². The van der Waals surface area contributed by atoms with Gasteiger partial charge in [-0.3, -0.25) is 4.79 Å². The zero-order valence-electron chi connectivity index (χ0n) is 11.3. The third-order valence-corrected chi connectivity index (χ3v) is 3.23. The molecule has 0 aliphatic heterocycles. The number of benzene rings is 1. The van der Waals surface area contributed by atoms with Crippen molar-refractivity contribution in [1.29, 1.82) is 0 Å². The SMILES string of the molecule is CCCC[C@H](NC(=O)/C=C/c1cccc(Br)c1)C(=O)O. The fourth-order valence-electron chi connectivity index (χ4n) is 1.67. The van der Waals surface area contributed by atoms with Gasteiger partial charge in [-0.05, 0) is 30.2 Å². The van der Waals surface area contributed by atoms with Gasteiger partial charge in [0, 0.05) is 10.5 Å². The number of amides is 1. The van der Waals surface area contributed by atoms with Crippen molar-refractivity contribution < 1.29 is 14.7 Å². The summed E-state index contributed by atoms with van der Waals surface area (Å²) in [5, 5.41) is 11.5. The molecule has 0 saturated carbocycles. The highest BCUT2D eigenvalue weighted by molar-refractivity contribution is 9.10. The molecule has 0 radical (unpaired) electrons. The van der Waals surface area contributed by atoms with Gasteiger partial charge in [-0.2, -0.15) is 0 Å². The van der Waals surface area contributed by atoms with E-state index >= 15 is 0 Å². The van der Waals surface area contributed by atoms with Crippen molar-refractivity contribution in [3.63, 3.8) is 0 Å². The molecule has 0 heterocycles. The monoisotopic (exact) mass is 339 g/mol. The molecule has 0 bridgehead atoms. The lowest BCUT2D eigenvalue weighted by Gasteiger charge is -2.12. The molecular weight excluding hydrogens is 322 g/mol. The Balaban J connectivity index is 2.59. The second-order valence-corrected chi connectivity index (χ2v) is 5.35. The van der Waals surface area contributed by atoms with Crippen LogP contribution >= 0.6 is 15.9 Å². The fourth-order valence-corrected chi connectivity index (χ4v) is 2.08. The number of carboxylic acids is 1. The smallest absolute Gasteiger partial charge is 0.326 e. The number of aliphatic carboxylic acids is 1. The van der Waals surface area contributed by atoms with Crippen molar-refractivity contribution in [3.05, 3.63) is 40.4 Å². The first kappa shape index (κ1) is 16.4. The zero-order valence-corrected chi connectivity index (χ0v) is 12.9. The fraction of sp³-hybridized carbons (Fsp3) is 0.333. The van der Waals surface area contributed by atoms with Gasteiger partial charge in [0.05, 0.1) is 0 Å². The van der Waals surface area contributed by atoms with Crippen LogP contribution in [0.1, 0.15) is 31.7 Å². The van der Waals surface area contributed by atoms with E-state index in [1.807, 2.05) is 31.2 Å². The summed E-state index contributed by atoms with van der Waals surface area (Å²) in [6.45, 7) is 1.98. The summed E-state index contributed by atoms with van der Waals surface area (Å²) in [6, 6.07) is 6.66. The van der Waals surface area contributed by atoms with Gasteiger partial charge in [0.15, 0.2) is 0 Å². The Morgan fingerprint density at radius 3 is 2.80 bits per heavy atom. The molecule has 0 aromatic heterocycles. The molecular formula is C15H18BrNO3. The molecule has 1 aromatic rings. The van der Waals surface area contributed by atoms with Crippen LogP contribution in [-0.4, -0.2) is 23.0 Å². The van der Waals surface area contributed by atoms with E-state index in [9.17, 15) is 9.59 Å². The van der Waals surface area contributed by atoms with Crippen LogP contribution in [-0.2, 0) is 9.59 Å². The van der Waals surface area contributed by atoms with Crippen LogP contribution in [0, 0.1) is 0 Å².